The topological polar surface area (TPSA) is 12.9 Å². The lowest BCUT2D eigenvalue weighted by atomic mass is 10.3. The van der Waals surface area contributed by atoms with E-state index < -0.39 is 11.6 Å². The van der Waals surface area contributed by atoms with Gasteiger partial charge in [0.25, 0.3) is 0 Å². The Hall–Kier alpha value is -0.700. The Bertz CT molecular complexity index is 235. The minimum atomic E-state index is -1.03. The van der Waals surface area contributed by atoms with Crippen LogP contribution in [-0.2, 0) is 0 Å². The number of hydrogen-bond donors (Lipinski definition) is 0. The van der Waals surface area contributed by atoms with Crippen LogP contribution in [0.5, 0.6) is 0 Å². The van der Waals surface area contributed by atoms with Gasteiger partial charge < -0.3 is 0 Å². The molecule has 1 aromatic rings. The van der Waals surface area contributed by atoms with Crippen molar-refractivity contribution in [3.63, 3.8) is 0 Å². The molecule has 1 nitrogen and oxygen atoms in total. The number of aryl methyl sites for hydroxylation is 1. The summed E-state index contributed by atoms with van der Waals surface area (Å²) in [5.41, 5.74) is 0.0156. The minimum Gasteiger partial charge on any atom is -0.257 e. The van der Waals surface area contributed by atoms with Gasteiger partial charge in [0, 0.05) is 6.20 Å². The van der Waals surface area contributed by atoms with Crippen molar-refractivity contribution >= 4 is 11.6 Å². The maximum atomic E-state index is 12.5. The van der Waals surface area contributed by atoms with E-state index in [1.165, 1.54) is 6.92 Å². The Morgan fingerprint density at radius 1 is 1.40 bits per heavy atom. The molecule has 1 aromatic heterocycles. The fraction of sp³-hybridized carbons (Fsp3) is 0.167. The van der Waals surface area contributed by atoms with Gasteiger partial charge in [0.2, 0.25) is 0 Å². The molecule has 0 N–H and O–H groups in total. The molecule has 0 unspecified atom stereocenters. The van der Waals surface area contributed by atoms with Crippen LogP contribution >= 0.6 is 11.6 Å². The smallest absolute Gasteiger partial charge is 0.181 e. The third kappa shape index (κ3) is 1.09. The summed E-state index contributed by atoms with van der Waals surface area (Å²) >= 11 is 5.21. The largest absolute Gasteiger partial charge is 0.257 e. The summed E-state index contributed by atoms with van der Waals surface area (Å²) in [6, 6.07) is 0. The fourth-order valence-corrected chi connectivity index (χ4v) is 0.662. The van der Waals surface area contributed by atoms with Crippen molar-refractivity contribution in [2.75, 3.05) is 0 Å². The van der Waals surface area contributed by atoms with Crippen molar-refractivity contribution in [3.05, 3.63) is 28.5 Å². The van der Waals surface area contributed by atoms with E-state index in [1.807, 2.05) is 0 Å². The molecule has 0 radical (unpaired) electrons. The standard InChI is InChI=1S/C6H4ClF2N/c1-3-5(8)6(9)4(7)2-10-3/h2H,1H3. The number of hydrogen-bond acceptors (Lipinski definition) is 1. The van der Waals surface area contributed by atoms with Crippen LogP contribution in [-0.4, -0.2) is 4.98 Å². The molecule has 0 spiro atoms. The summed E-state index contributed by atoms with van der Waals surface area (Å²) in [5.74, 6) is -2.01. The van der Waals surface area contributed by atoms with E-state index >= 15 is 0 Å². The molecule has 0 atom stereocenters. The van der Waals surface area contributed by atoms with Crippen LogP contribution in [0.15, 0.2) is 6.20 Å². The molecule has 0 bridgehead atoms. The Kier molecular flexibility index (Phi) is 1.85. The summed E-state index contributed by atoms with van der Waals surface area (Å²) in [6.45, 7) is 1.37. The first-order valence-electron chi connectivity index (χ1n) is 2.59. The molecule has 0 saturated carbocycles. The minimum absolute atomic E-state index is 0.0156. The van der Waals surface area contributed by atoms with Gasteiger partial charge in [-0.25, -0.2) is 8.78 Å². The van der Waals surface area contributed by atoms with Crippen molar-refractivity contribution in [1.29, 1.82) is 0 Å². The quantitative estimate of drug-likeness (QED) is 0.572. The second-order valence-corrected chi connectivity index (χ2v) is 2.23. The van der Waals surface area contributed by atoms with Crippen LogP contribution in [0.3, 0.4) is 0 Å². The van der Waals surface area contributed by atoms with Crippen molar-refractivity contribution in [3.8, 4) is 0 Å². The number of nitrogens with zero attached hydrogens (tertiary/aromatic N) is 1. The Balaban J connectivity index is 3.34. The summed E-state index contributed by atoms with van der Waals surface area (Å²) in [4.78, 5) is 3.49. The highest BCUT2D eigenvalue weighted by molar-refractivity contribution is 6.30. The van der Waals surface area contributed by atoms with Gasteiger partial charge >= 0.3 is 0 Å². The van der Waals surface area contributed by atoms with E-state index in [4.69, 9.17) is 11.6 Å². The first kappa shape index (κ1) is 7.41. The van der Waals surface area contributed by atoms with Crippen molar-refractivity contribution in [2.24, 2.45) is 0 Å². The second-order valence-electron chi connectivity index (χ2n) is 1.82. The predicted molar refractivity (Wildman–Crippen MR) is 33.9 cm³/mol. The highest BCUT2D eigenvalue weighted by Crippen LogP contribution is 2.16. The maximum absolute atomic E-state index is 12.5. The number of halogens is 3. The molecule has 10 heavy (non-hydrogen) atoms. The Labute approximate surface area is 61.7 Å². The molecule has 0 saturated heterocycles. The van der Waals surface area contributed by atoms with Crippen LogP contribution < -0.4 is 0 Å². The van der Waals surface area contributed by atoms with Gasteiger partial charge in [-0.15, -0.1) is 0 Å². The van der Waals surface area contributed by atoms with Crippen molar-refractivity contribution in [1.82, 2.24) is 4.98 Å². The second kappa shape index (κ2) is 2.50. The van der Waals surface area contributed by atoms with Crippen LogP contribution in [0, 0.1) is 18.6 Å². The maximum Gasteiger partial charge on any atom is 0.181 e. The average molecular weight is 164 g/mol. The van der Waals surface area contributed by atoms with Crippen LogP contribution in [0.4, 0.5) is 8.78 Å². The van der Waals surface area contributed by atoms with Crippen LogP contribution in [0.2, 0.25) is 5.02 Å². The highest BCUT2D eigenvalue weighted by atomic mass is 35.5. The fourth-order valence-electron chi connectivity index (χ4n) is 0.531. The third-order valence-electron chi connectivity index (χ3n) is 1.09. The molecular weight excluding hydrogens is 160 g/mol. The zero-order chi connectivity index (χ0) is 7.72. The van der Waals surface area contributed by atoms with Gasteiger partial charge in [0.1, 0.15) is 0 Å². The molecule has 0 fully saturated rings. The summed E-state index contributed by atoms with van der Waals surface area (Å²) in [5, 5.41) is -0.289. The van der Waals surface area contributed by atoms with E-state index in [0.29, 0.717) is 0 Å². The number of rotatable bonds is 0. The highest BCUT2D eigenvalue weighted by Gasteiger charge is 2.09. The zero-order valence-electron chi connectivity index (χ0n) is 5.16. The van der Waals surface area contributed by atoms with E-state index in [0.717, 1.165) is 6.20 Å². The Morgan fingerprint density at radius 3 is 2.50 bits per heavy atom. The molecule has 1 rings (SSSR count). The first-order valence-corrected chi connectivity index (χ1v) is 2.97. The molecule has 0 aliphatic rings. The number of pyridine rings is 1. The summed E-state index contributed by atoms with van der Waals surface area (Å²) in [6.07, 6.45) is 1.08. The third-order valence-corrected chi connectivity index (χ3v) is 1.36. The van der Waals surface area contributed by atoms with E-state index in [2.05, 4.69) is 4.98 Å². The van der Waals surface area contributed by atoms with Gasteiger partial charge in [-0.2, -0.15) is 0 Å². The molecule has 0 aromatic carbocycles. The molecular formula is C6H4ClF2N. The molecule has 54 valence electrons. The molecule has 0 amide bonds. The van der Waals surface area contributed by atoms with E-state index in [9.17, 15) is 8.78 Å². The molecule has 4 heteroatoms. The van der Waals surface area contributed by atoms with Gasteiger partial charge in [0.15, 0.2) is 11.6 Å². The zero-order valence-corrected chi connectivity index (χ0v) is 5.91. The molecule has 0 aliphatic heterocycles. The van der Waals surface area contributed by atoms with E-state index in [1.54, 1.807) is 0 Å². The SMILES string of the molecule is Cc1ncc(Cl)c(F)c1F. The lowest BCUT2D eigenvalue weighted by Gasteiger charge is -1.96. The van der Waals surface area contributed by atoms with Gasteiger partial charge in [-0.1, -0.05) is 11.6 Å². The van der Waals surface area contributed by atoms with E-state index in [-0.39, 0.29) is 10.7 Å². The average Bonchev–Trinajstić information content (AvgIpc) is 1.93. The van der Waals surface area contributed by atoms with Gasteiger partial charge in [-0.05, 0) is 6.92 Å². The Morgan fingerprint density at radius 2 is 2.00 bits per heavy atom. The predicted octanol–water partition coefficient (Wildman–Crippen LogP) is 2.32. The lowest BCUT2D eigenvalue weighted by Crippen LogP contribution is -1.92. The first-order chi connectivity index (χ1) is 4.63. The van der Waals surface area contributed by atoms with Crippen LogP contribution in [0.25, 0.3) is 0 Å². The van der Waals surface area contributed by atoms with Crippen molar-refractivity contribution < 1.29 is 8.78 Å². The molecule has 0 aliphatic carbocycles. The normalized spacial score (nSPS) is 10.0. The number of aromatic nitrogens is 1. The van der Waals surface area contributed by atoms with Gasteiger partial charge in [-0.3, -0.25) is 4.98 Å². The lowest BCUT2D eigenvalue weighted by molar-refractivity contribution is 0.497. The van der Waals surface area contributed by atoms with Gasteiger partial charge in [0.05, 0.1) is 10.7 Å². The van der Waals surface area contributed by atoms with Crippen LogP contribution in [0.1, 0.15) is 5.69 Å². The summed E-state index contributed by atoms with van der Waals surface area (Å²) in [7, 11) is 0. The summed E-state index contributed by atoms with van der Waals surface area (Å²) < 4.78 is 24.9. The van der Waals surface area contributed by atoms with Crippen molar-refractivity contribution in [2.45, 2.75) is 6.92 Å². The monoisotopic (exact) mass is 163 g/mol. The molecule has 1 heterocycles.